The molecule has 1 unspecified atom stereocenters. The zero-order valence-electron chi connectivity index (χ0n) is 7.45. The smallest absolute Gasteiger partial charge is 0.309 e. The van der Waals surface area contributed by atoms with E-state index in [1.165, 1.54) is 20.0 Å². The molecule has 0 heterocycles. The Morgan fingerprint density at radius 3 is 3.00 bits per heavy atom. The molecule has 0 aromatic carbocycles. The van der Waals surface area contributed by atoms with Crippen molar-refractivity contribution in [2.75, 3.05) is 7.11 Å². The maximum atomic E-state index is 10.6. The second-order valence-electron chi connectivity index (χ2n) is 3.06. The molecule has 1 fully saturated rings. The van der Waals surface area contributed by atoms with Crippen LogP contribution in [0, 0.1) is 12.3 Å². The SMILES string of the molecule is COC(=O)CC=CCCC1[CH]C1. The summed E-state index contributed by atoms with van der Waals surface area (Å²) in [5, 5.41) is 0. The first-order valence-corrected chi connectivity index (χ1v) is 4.38. The van der Waals surface area contributed by atoms with E-state index >= 15 is 0 Å². The maximum absolute atomic E-state index is 10.6. The fourth-order valence-electron chi connectivity index (χ4n) is 1.02. The topological polar surface area (TPSA) is 26.3 Å². The largest absolute Gasteiger partial charge is 0.469 e. The highest BCUT2D eigenvalue weighted by Crippen LogP contribution is 2.31. The van der Waals surface area contributed by atoms with Crippen LogP contribution in [0.15, 0.2) is 12.2 Å². The molecule has 0 spiro atoms. The van der Waals surface area contributed by atoms with Crippen LogP contribution in [0.1, 0.15) is 25.7 Å². The molecule has 1 atom stereocenters. The van der Waals surface area contributed by atoms with Crippen LogP contribution < -0.4 is 0 Å². The highest BCUT2D eigenvalue weighted by atomic mass is 16.5. The van der Waals surface area contributed by atoms with Crippen molar-refractivity contribution >= 4 is 5.97 Å². The van der Waals surface area contributed by atoms with Crippen LogP contribution >= 0.6 is 0 Å². The number of hydrogen-bond donors (Lipinski definition) is 0. The normalized spacial score (nSPS) is 16.8. The molecule has 0 aliphatic heterocycles. The highest BCUT2D eigenvalue weighted by Gasteiger charge is 2.19. The number of rotatable bonds is 5. The van der Waals surface area contributed by atoms with E-state index in [1.54, 1.807) is 0 Å². The Labute approximate surface area is 73.6 Å². The molecule has 1 rings (SSSR count). The van der Waals surface area contributed by atoms with Gasteiger partial charge in [0.25, 0.3) is 0 Å². The van der Waals surface area contributed by atoms with Crippen LogP contribution in [0.25, 0.3) is 0 Å². The van der Waals surface area contributed by atoms with Gasteiger partial charge in [0.1, 0.15) is 0 Å². The van der Waals surface area contributed by atoms with Crippen molar-refractivity contribution in [3.8, 4) is 0 Å². The van der Waals surface area contributed by atoms with Gasteiger partial charge in [-0.25, -0.2) is 0 Å². The average molecular weight is 167 g/mol. The van der Waals surface area contributed by atoms with E-state index in [-0.39, 0.29) is 5.97 Å². The van der Waals surface area contributed by atoms with Crippen molar-refractivity contribution in [2.45, 2.75) is 25.7 Å². The monoisotopic (exact) mass is 167 g/mol. The fraction of sp³-hybridized carbons (Fsp3) is 0.600. The van der Waals surface area contributed by atoms with Crippen LogP contribution in [0.2, 0.25) is 0 Å². The summed E-state index contributed by atoms with van der Waals surface area (Å²) in [5.74, 6) is 0.692. The molecule has 1 aliphatic carbocycles. The summed E-state index contributed by atoms with van der Waals surface area (Å²) in [4.78, 5) is 10.6. The van der Waals surface area contributed by atoms with Crippen molar-refractivity contribution in [3.05, 3.63) is 18.6 Å². The Morgan fingerprint density at radius 2 is 2.42 bits per heavy atom. The molecule has 67 valence electrons. The van der Waals surface area contributed by atoms with Gasteiger partial charge in [0.05, 0.1) is 13.5 Å². The van der Waals surface area contributed by atoms with Gasteiger partial charge in [-0.1, -0.05) is 12.2 Å². The zero-order chi connectivity index (χ0) is 8.81. The zero-order valence-corrected chi connectivity index (χ0v) is 7.45. The molecule has 0 amide bonds. The van der Waals surface area contributed by atoms with E-state index in [4.69, 9.17) is 0 Å². The van der Waals surface area contributed by atoms with Gasteiger partial charge in [0, 0.05) is 0 Å². The number of hydrogen-bond acceptors (Lipinski definition) is 2. The number of esters is 1. The molecule has 1 saturated carbocycles. The van der Waals surface area contributed by atoms with E-state index in [2.05, 4.69) is 17.2 Å². The fourth-order valence-corrected chi connectivity index (χ4v) is 1.02. The van der Waals surface area contributed by atoms with Crippen LogP contribution in [-0.4, -0.2) is 13.1 Å². The minimum absolute atomic E-state index is 0.163. The Morgan fingerprint density at radius 1 is 1.67 bits per heavy atom. The Bertz CT molecular complexity index is 169. The summed E-state index contributed by atoms with van der Waals surface area (Å²) in [6.45, 7) is 0. The van der Waals surface area contributed by atoms with Gasteiger partial charge in [-0.15, -0.1) is 0 Å². The molecule has 0 bridgehead atoms. The van der Waals surface area contributed by atoms with Crippen molar-refractivity contribution in [3.63, 3.8) is 0 Å². The molecular formula is C10H15O2. The second kappa shape index (κ2) is 4.96. The van der Waals surface area contributed by atoms with Crippen LogP contribution in [0.3, 0.4) is 0 Å². The molecule has 0 aromatic rings. The van der Waals surface area contributed by atoms with Crippen LogP contribution in [0.5, 0.6) is 0 Å². The summed E-state index contributed by atoms with van der Waals surface area (Å²) >= 11 is 0. The van der Waals surface area contributed by atoms with E-state index in [1.807, 2.05) is 6.08 Å². The number of ether oxygens (including phenoxy) is 1. The van der Waals surface area contributed by atoms with E-state index in [0.29, 0.717) is 6.42 Å². The predicted molar refractivity (Wildman–Crippen MR) is 47.4 cm³/mol. The summed E-state index contributed by atoms with van der Waals surface area (Å²) in [6.07, 6.45) is 10.3. The van der Waals surface area contributed by atoms with Crippen molar-refractivity contribution in [1.82, 2.24) is 0 Å². The lowest BCUT2D eigenvalue weighted by Gasteiger charge is -1.92. The van der Waals surface area contributed by atoms with Gasteiger partial charge >= 0.3 is 5.97 Å². The summed E-state index contributed by atoms with van der Waals surface area (Å²) < 4.78 is 4.49. The lowest BCUT2D eigenvalue weighted by Crippen LogP contribution is -1.96. The molecule has 0 saturated heterocycles. The molecule has 1 radical (unpaired) electrons. The lowest BCUT2D eigenvalue weighted by atomic mass is 10.2. The van der Waals surface area contributed by atoms with E-state index < -0.39 is 0 Å². The number of carbonyl (C=O) groups is 1. The van der Waals surface area contributed by atoms with E-state index in [9.17, 15) is 4.79 Å². The summed E-state index contributed by atoms with van der Waals surface area (Å²) in [5.41, 5.74) is 0. The molecule has 0 aromatic heterocycles. The van der Waals surface area contributed by atoms with Gasteiger partial charge in [0.2, 0.25) is 0 Å². The first-order chi connectivity index (χ1) is 5.83. The Hall–Kier alpha value is -0.790. The number of carbonyl (C=O) groups excluding carboxylic acids is 1. The quantitative estimate of drug-likeness (QED) is 0.463. The van der Waals surface area contributed by atoms with Crippen LogP contribution in [-0.2, 0) is 9.53 Å². The maximum Gasteiger partial charge on any atom is 0.309 e. The lowest BCUT2D eigenvalue weighted by molar-refractivity contribution is -0.139. The van der Waals surface area contributed by atoms with Gasteiger partial charge in [-0.05, 0) is 31.6 Å². The minimum atomic E-state index is -0.163. The van der Waals surface area contributed by atoms with E-state index in [0.717, 1.165) is 12.3 Å². The second-order valence-corrected chi connectivity index (χ2v) is 3.06. The first kappa shape index (κ1) is 9.30. The number of allylic oxidation sites excluding steroid dienone is 1. The average Bonchev–Trinajstić information content (AvgIpc) is 2.87. The van der Waals surface area contributed by atoms with Gasteiger partial charge in [-0.2, -0.15) is 0 Å². The molecule has 1 aliphatic rings. The van der Waals surface area contributed by atoms with Gasteiger partial charge < -0.3 is 4.74 Å². The summed E-state index contributed by atoms with van der Waals surface area (Å²) in [7, 11) is 1.41. The summed E-state index contributed by atoms with van der Waals surface area (Å²) in [6, 6.07) is 0. The number of methoxy groups -OCH3 is 1. The van der Waals surface area contributed by atoms with Gasteiger partial charge in [0.15, 0.2) is 0 Å². The van der Waals surface area contributed by atoms with Crippen molar-refractivity contribution in [2.24, 2.45) is 5.92 Å². The standard InChI is InChI=1S/C10H15O2/c1-12-10(11)6-4-2-3-5-9-7-8-9/h2,4,7,9H,3,5-6,8H2,1H3. The Balaban J connectivity index is 1.93. The predicted octanol–water partition coefficient (Wildman–Crippen LogP) is 2.11. The van der Waals surface area contributed by atoms with Crippen molar-refractivity contribution < 1.29 is 9.53 Å². The Kier molecular flexibility index (Phi) is 3.85. The van der Waals surface area contributed by atoms with Crippen LogP contribution in [0.4, 0.5) is 0 Å². The molecule has 2 nitrogen and oxygen atoms in total. The third kappa shape index (κ3) is 4.16. The first-order valence-electron chi connectivity index (χ1n) is 4.38. The molecule has 2 heteroatoms. The third-order valence-corrected chi connectivity index (χ3v) is 1.95. The third-order valence-electron chi connectivity index (χ3n) is 1.95. The van der Waals surface area contributed by atoms with Gasteiger partial charge in [-0.3, -0.25) is 4.79 Å². The highest BCUT2D eigenvalue weighted by molar-refractivity contribution is 5.70. The molecule has 0 N–H and O–H groups in total. The minimum Gasteiger partial charge on any atom is -0.469 e. The molecular weight excluding hydrogens is 152 g/mol. The molecule has 12 heavy (non-hydrogen) atoms. The van der Waals surface area contributed by atoms with Crippen molar-refractivity contribution in [1.29, 1.82) is 0 Å².